The molecule has 0 saturated carbocycles. The zero-order valence-electron chi connectivity index (χ0n) is 6.96. The van der Waals surface area contributed by atoms with Crippen LogP contribution in [0.2, 0.25) is 0 Å². The van der Waals surface area contributed by atoms with E-state index in [-0.39, 0.29) is 16.6 Å². The van der Waals surface area contributed by atoms with E-state index in [9.17, 15) is 8.78 Å². The van der Waals surface area contributed by atoms with Gasteiger partial charge in [-0.1, -0.05) is 0 Å². The molecule has 0 aliphatic carbocycles. The summed E-state index contributed by atoms with van der Waals surface area (Å²) in [5, 5.41) is 8.61. The Kier molecular flexibility index (Phi) is 1.89. The summed E-state index contributed by atoms with van der Waals surface area (Å²) in [6.45, 7) is 0. The number of rotatable bonds is 1. The van der Waals surface area contributed by atoms with Crippen molar-refractivity contribution in [1.29, 1.82) is 5.26 Å². The number of nitriles is 1. The maximum atomic E-state index is 12.5. The number of imidazole rings is 1. The highest BCUT2D eigenvalue weighted by Gasteiger charge is 2.14. The molecule has 1 aromatic heterocycles. The number of hydrogen-bond donors (Lipinski definition) is 1. The fourth-order valence-corrected chi connectivity index (χ4v) is 1.31. The lowest BCUT2D eigenvalue weighted by Crippen LogP contribution is -1.88. The number of fused-ring (bicyclic) bond motifs is 1. The third-order valence-electron chi connectivity index (χ3n) is 1.92. The van der Waals surface area contributed by atoms with Crippen molar-refractivity contribution in [3.8, 4) is 6.07 Å². The molecule has 70 valence electrons. The van der Waals surface area contributed by atoms with E-state index in [1.165, 1.54) is 12.4 Å². The van der Waals surface area contributed by atoms with E-state index in [0.717, 1.165) is 6.07 Å². The summed E-state index contributed by atoms with van der Waals surface area (Å²) in [6.07, 6.45) is -1.29. The number of halogens is 2. The van der Waals surface area contributed by atoms with E-state index < -0.39 is 6.43 Å². The molecule has 0 amide bonds. The molecule has 0 radical (unpaired) electrons. The monoisotopic (exact) mass is 193 g/mol. The summed E-state index contributed by atoms with van der Waals surface area (Å²) >= 11 is 0. The second kappa shape index (κ2) is 3.07. The first-order chi connectivity index (χ1) is 6.72. The summed E-state index contributed by atoms with van der Waals surface area (Å²) in [5.74, 6) is 0. The fourth-order valence-electron chi connectivity index (χ4n) is 1.31. The van der Waals surface area contributed by atoms with Gasteiger partial charge in [-0.2, -0.15) is 5.26 Å². The maximum absolute atomic E-state index is 12.5. The Labute approximate surface area is 78.0 Å². The van der Waals surface area contributed by atoms with E-state index in [1.807, 2.05) is 6.07 Å². The molecule has 14 heavy (non-hydrogen) atoms. The average molecular weight is 193 g/mol. The normalized spacial score (nSPS) is 10.7. The van der Waals surface area contributed by atoms with Gasteiger partial charge in [-0.25, -0.2) is 13.8 Å². The van der Waals surface area contributed by atoms with Crippen LogP contribution < -0.4 is 0 Å². The van der Waals surface area contributed by atoms with Crippen molar-refractivity contribution in [3.63, 3.8) is 0 Å². The molecule has 0 fully saturated rings. The van der Waals surface area contributed by atoms with Gasteiger partial charge >= 0.3 is 0 Å². The number of benzene rings is 1. The molecule has 2 rings (SSSR count). The predicted octanol–water partition coefficient (Wildman–Crippen LogP) is 2.37. The first kappa shape index (κ1) is 8.63. The van der Waals surface area contributed by atoms with Crippen molar-refractivity contribution in [2.75, 3.05) is 0 Å². The molecule has 3 nitrogen and oxygen atoms in total. The van der Waals surface area contributed by atoms with Gasteiger partial charge in [0, 0.05) is 5.56 Å². The Morgan fingerprint density at radius 2 is 2.21 bits per heavy atom. The summed E-state index contributed by atoms with van der Waals surface area (Å²) in [5.41, 5.74) is 0.677. The van der Waals surface area contributed by atoms with Crippen molar-refractivity contribution in [1.82, 2.24) is 9.97 Å². The molecule has 1 N–H and O–H groups in total. The molecule has 5 heteroatoms. The molecule has 0 aliphatic rings. The standard InChI is InChI=1S/C9H5F2N3/c10-9(11)6-1-5(3-12)2-7-8(6)14-4-13-7/h1-2,4,9H,(H,13,14). The van der Waals surface area contributed by atoms with Gasteiger partial charge in [-0.3, -0.25) is 0 Å². The van der Waals surface area contributed by atoms with Crippen LogP contribution >= 0.6 is 0 Å². The van der Waals surface area contributed by atoms with Crippen LogP contribution in [0.15, 0.2) is 18.5 Å². The van der Waals surface area contributed by atoms with Gasteiger partial charge in [0.05, 0.1) is 29.0 Å². The van der Waals surface area contributed by atoms with Crippen LogP contribution in [0, 0.1) is 11.3 Å². The Bertz CT molecular complexity index is 510. The Hall–Kier alpha value is -1.96. The molecule has 0 aliphatic heterocycles. The van der Waals surface area contributed by atoms with Crippen molar-refractivity contribution in [3.05, 3.63) is 29.6 Å². The number of nitrogens with one attached hydrogen (secondary N) is 1. The number of nitrogens with zero attached hydrogens (tertiary/aromatic N) is 2. The van der Waals surface area contributed by atoms with Gasteiger partial charge in [0.1, 0.15) is 0 Å². The maximum Gasteiger partial charge on any atom is 0.266 e. The summed E-state index contributed by atoms with van der Waals surface area (Å²) in [7, 11) is 0. The van der Waals surface area contributed by atoms with Crippen LogP contribution in [0.5, 0.6) is 0 Å². The van der Waals surface area contributed by atoms with Crippen LogP contribution in [0.4, 0.5) is 8.78 Å². The molecule has 0 spiro atoms. The number of hydrogen-bond acceptors (Lipinski definition) is 2. The Morgan fingerprint density at radius 1 is 1.43 bits per heavy atom. The third kappa shape index (κ3) is 1.21. The van der Waals surface area contributed by atoms with Gasteiger partial charge in [-0.05, 0) is 12.1 Å². The zero-order chi connectivity index (χ0) is 10.1. The Morgan fingerprint density at radius 3 is 2.86 bits per heavy atom. The van der Waals surface area contributed by atoms with Crippen molar-refractivity contribution < 1.29 is 8.78 Å². The van der Waals surface area contributed by atoms with Gasteiger partial charge in [0.25, 0.3) is 6.43 Å². The molecule has 1 heterocycles. The largest absolute Gasteiger partial charge is 0.345 e. The van der Waals surface area contributed by atoms with Gasteiger partial charge < -0.3 is 4.98 Å². The first-order valence-corrected chi connectivity index (χ1v) is 3.87. The highest BCUT2D eigenvalue weighted by molar-refractivity contribution is 5.80. The number of alkyl halides is 2. The molecule has 1 aromatic carbocycles. The van der Waals surface area contributed by atoms with E-state index in [4.69, 9.17) is 5.26 Å². The Balaban J connectivity index is 2.78. The summed E-state index contributed by atoms with van der Waals surface area (Å²) in [6, 6.07) is 4.48. The first-order valence-electron chi connectivity index (χ1n) is 3.87. The number of aromatic nitrogens is 2. The number of aromatic amines is 1. The van der Waals surface area contributed by atoms with E-state index >= 15 is 0 Å². The van der Waals surface area contributed by atoms with Gasteiger partial charge in [0.15, 0.2) is 0 Å². The minimum atomic E-state index is -2.62. The number of H-pyrrole nitrogens is 1. The highest BCUT2D eigenvalue weighted by Crippen LogP contribution is 2.26. The zero-order valence-corrected chi connectivity index (χ0v) is 6.96. The smallest absolute Gasteiger partial charge is 0.266 e. The van der Waals surface area contributed by atoms with Gasteiger partial charge in [0.2, 0.25) is 0 Å². The minimum Gasteiger partial charge on any atom is -0.345 e. The summed E-state index contributed by atoms with van der Waals surface area (Å²) in [4.78, 5) is 6.46. The quantitative estimate of drug-likeness (QED) is 0.755. The van der Waals surface area contributed by atoms with Gasteiger partial charge in [-0.15, -0.1) is 0 Å². The molecular formula is C9H5F2N3. The molecule has 2 aromatic rings. The van der Waals surface area contributed by atoms with E-state index in [0.29, 0.717) is 5.52 Å². The lowest BCUT2D eigenvalue weighted by molar-refractivity contribution is 0.153. The molecule has 0 saturated heterocycles. The van der Waals surface area contributed by atoms with Crippen LogP contribution in [0.1, 0.15) is 17.6 Å². The van der Waals surface area contributed by atoms with Crippen LogP contribution in [-0.4, -0.2) is 9.97 Å². The van der Waals surface area contributed by atoms with Crippen molar-refractivity contribution >= 4 is 11.0 Å². The topological polar surface area (TPSA) is 52.5 Å². The van der Waals surface area contributed by atoms with Crippen molar-refractivity contribution in [2.45, 2.75) is 6.43 Å². The van der Waals surface area contributed by atoms with Crippen LogP contribution in [0.25, 0.3) is 11.0 Å². The second-order valence-corrected chi connectivity index (χ2v) is 2.78. The lowest BCUT2D eigenvalue weighted by atomic mass is 10.1. The van der Waals surface area contributed by atoms with Crippen molar-refractivity contribution in [2.24, 2.45) is 0 Å². The SMILES string of the molecule is N#Cc1cc(C(F)F)c2nc[nH]c2c1. The molecular weight excluding hydrogens is 188 g/mol. The lowest BCUT2D eigenvalue weighted by Gasteiger charge is -2.00. The second-order valence-electron chi connectivity index (χ2n) is 2.78. The van der Waals surface area contributed by atoms with E-state index in [2.05, 4.69) is 9.97 Å². The summed E-state index contributed by atoms with van der Waals surface area (Å²) < 4.78 is 25.1. The third-order valence-corrected chi connectivity index (χ3v) is 1.92. The fraction of sp³-hybridized carbons (Fsp3) is 0.111. The predicted molar refractivity (Wildman–Crippen MR) is 45.8 cm³/mol. The van der Waals surface area contributed by atoms with E-state index in [1.54, 1.807) is 0 Å². The molecule has 0 unspecified atom stereocenters. The molecule has 0 bridgehead atoms. The molecule has 0 atom stereocenters. The van der Waals surface area contributed by atoms with Crippen LogP contribution in [0.3, 0.4) is 0 Å². The van der Waals surface area contributed by atoms with Crippen LogP contribution in [-0.2, 0) is 0 Å². The average Bonchev–Trinajstić information content (AvgIpc) is 2.63. The highest BCUT2D eigenvalue weighted by atomic mass is 19.3. The minimum absolute atomic E-state index is 0.206.